The Kier molecular flexibility index (Phi) is 5.42. The average Bonchev–Trinajstić information content (AvgIpc) is 2.59. The molecule has 1 saturated carbocycles. The lowest BCUT2D eigenvalue weighted by molar-refractivity contribution is -0.134. The Morgan fingerprint density at radius 1 is 1.28 bits per heavy atom. The van der Waals surface area contributed by atoms with Crippen LogP contribution in [-0.4, -0.2) is 38.1 Å². The molecule has 0 radical (unpaired) electrons. The van der Waals surface area contributed by atoms with Gasteiger partial charge in [-0.2, -0.15) is 13.2 Å². The Morgan fingerprint density at radius 2 is 1.94 bits per heavy atom. The summed E-state index contributed by atoms with van der Waals surface area (Å²) in [4.78, 5) is 0. The van der Waals surface area contributed by atoms with E-state index in [1.165, 1.54) is 0 Å². The summed E-state index contributed by atoms with van der Waals surface area (Å²) < 4.78 is 60.7. The summed E-state index contributed by atoms with van der Waals surface area (Å²) in [6, 6.07) is 0. The van der Waals surface area contributed by atoms with Crippen LogP contribution in [0.15, 0.2) is 0 Å². The number of nitrogens with one attached hydrogen (secondary N) is 1. The molecule has 0 aliphatic heterocycles. The zero-order valence-corrected chi connectivity index (χ0v) is 10.7. The molecule has 2 unspecified atom stereocenters. The second-order valence-corrected chi connectivity index (χ2v) is 6.57. The second-order valence-electron chi connectivity index (χ2n) is 4.64. The van der Waals surface area contributed by atoms with Gasteiger partial charge in [-0.25, -0.2) is 13.1 Å². The van der Waals surface area contributed by atoms with Gasteiger partial charge in [0.1, 0.15) is 0 Å². The Bertz CT molecular complexity index is 356. The van der Waals surface area contributed by atoms with Gasteiger partial charge in [0.15, 0.2) is 0 Å². The van der Waals surface area contributed by atoms with Crippen molar-refractivity contribution < 1.29 is 26.7 Å². The zero-order valence-electron chi connectivity index (χ0n) is 9.91. The van der Waals surface area contributed by atoms with E-state index in [0.29, 0.717) is 6.42 Å². The van der Waals surface area contributed by atoms with E-state index >= 15 is 0 Å². The molecule has 0 amide bonds. The lowest BCUT2D eigenvalue weighted by Crippen LogP contribution is -2.34. The maximum atomic E-state index is 11.9. The first-order chi connectivity index (χ1) is 8.20. The van der Waals surface area contributed by atoms with Gasteiger partial charge in [0.25, 0.3) is 0 Å². The van der Waals surface area contributed by atoms with Gasteiger partial charge in [-0.15, -0.1) is 0 Å². The highest BCUT2D eigenvalue weighted by atomic mass is 32.2. The summed E-state index contributed by atoms with van der Waals surface area (Å²) in [5, 5.41) is 9.48. The van der Waals surface area contributed by atoms with E-state index in [4.69, 9.17) is 0 Å². The highest BCUT2D eigenvalue weighted by Gasteiger charge is 2.29. The standard InChI is InChI=1S/C10H18F3NO3S/c11-10(12,13)5-2-6-18(16,17)14-7-8-3-1-4-9(8)15/h8-9,14-15H,1-7H2. The van der Waals surface area contributed by atoms with E-state index in [1.54, 1.807) is 0 Å². The lowest BCUT2D eigenvalue weighted by Gasteiger charge is -2.15. The number of hydrogen-bond donors (Lipinski definition) is 2. The smallest absolute Gasteiger partial charge is 0.389 e. The van der Waals surface area contributed by atoms with Gasteiger partial charge in [-0.05, 0) is 25.2 Å². The van der Waals surface area contributed by atoms with Crippen LogP contribution in [0.1, 0.15) is 32.1 Å². The third-order valence-electron chi connectivity index (χ3n) is 3.06. The van der Waals surface area contributed by atoms with Gasteiger partial charge in [0.2, 0.25) is 10.0 Å². The fourth-order valence-electron chi connectivity index (χ4n) is 2.02. The Morgan fingerprint density at radius 3 is 2.44 bits per heavy atom. The molecule has 1 aliphatic carbocycles. The van der Waals surface area contributed by atoms with Gasteiger partial charge >= 0.3 is 6.18 Å². The lowest BCUT2D eigenvalue weighted by atomic mass is 10.1. The van der Waals surface area contributed by atoms with Crippen molar-refractivity contribution in [3.8, 4) is 0 Å². The van der Waals surface area contributed by atoms with Crippen LogP contribution in [0.2, 0.25) is 0 Å². The first-order valence-corrected chi connectivity index (χ1v) is 7.57. The van der Waals surface area contributed by atoms with Crippen LogP contribution >= 0.6 is 0 Å². The molecule has 0 bridgehead atoms. The number of halogens is 3. The Labute approximate surface area is 105 Å². The van der Waals surface area contributed by atoms with Crippen LogP contribution < -0.4 is 4.72 Å². The first kappa shape index (κ1) is 15.7. The van der Waals surface area contributed by atoms with E-state index in [2.05, 4.69) is 4.72 Å². The van der Waals surface area contributed by atoms with Crippen LogP contribution in [0.4, 0.5) is 13.2 Å². The maximum absolute atomic E-state index is 11.9. The van der Waals surface area contributed by atoms with Crippen molar-refractivity contribution in [1.29, 1.82) is 0 Å². The van der Waals surface area contributed by atoms with Crippen molar-refractivity contribution in [2.75, 3.05) is 12.3 Å². The SMILES string of the molecule is O=S(=O)(CCCC(F)(F)F)NCC1CCCC1O. The van der Waals surface area contributed by atoms with Crippen molar-refractivity contribution in [3.05, 3.63) is 0 Å². The second kappa shape index (κ2) is 6.21. The summed E-state index contributed by atoms with van der Waals surface area (Å²) in [5.41, 5.74) is 0. The molecule has 1 fully saturated rings. The topological polar surface area (TPSA) is 66.4 Å². The van der Waals surface area contributed by atoms with E-state index in [9.17, 15) is 26.7 Å². The minimum Gasteiger partial charge on any atom is -0.393 e. The predicted octanol–water partition coefficient (Wildman–Crippen LogP) is 1.41. The maximum Gasteiger partial charge on any atom is 0.389 e. The van der Waals surface area contributed by atoms with Gasteiger partial charge in [0.05, 0.1) is 11.9 Å². The average molecular weight is 289 g/mol. The van der Waals surface area contributed by atoms with Gasteiger partial charge < -0.3 is 5.11 Å². The molecule has 108 valence electrons. The molecule has 1 aliphatic rings. The molecular weight excluding hydrogens is 271 g/mol. The normalized spacial score (nSPS) is 25.6. The van der Waals surface area contributed by atoms with Crippen molar-refractivity contribution in [2.24, 2.45) is 5.92 Å². The van der Waals surface area contributed by atoms with Crippen LogP contribution in [0.3, 0.4) is 0 Å². The number of sulfonamides is 1. The van der Waals surface area contributed by atoms with Crippen molar-refractivity contribution in [1.82, 2.24) is 4.72 Å². The molecule has 1 rings (SSSR count). The summed E-state index contributed by atoms with van der Waals surface area (Å²) in [7, 11) is -3.68. The zero-order chi connectivity index (χ0) is 13.8. The molecule has 0 aromatic heterocycles. The molecule has 4 nitrogen and oxygen atoms in total. The van der Waals surface area contributed by atoms with Gasteiger partial charge in [0, 0.05) is 13.0 Å². The van der Waals surface area contributed by atoms with Crippen molar-refractivity contribution >= 4 is 10.0 Å². The number of hydrogen-bond acceptors (Lipinski definition) is 3. The van der Waals surface area contributed by atoms with Crippen LogP contribution in [0.25, 0.3) is 0 Å². The number of aliphatic hydroxyl groups excluding tert-OH is 1. The van der Waals surface area contributed by atoms with Crippen LogP contribution in [0, 0.1) is 5.92 Å². The van der Waals surface area contributed by atoms with Crippen LogP contribution in [-0.2, 0) is 10.0 Å². The minimum atomic E-state index is -4.32. The van der Waals surface area contributed by atoms with Gasteiger partial charge in [-0.3, -0.25) is 0 Å². The highest BCUT2D eigenvalue weighted by molar-refractivity contribution is 7.89. The third kappa shape index (κ3) is 6.01. The van der Waals surface area contributed by atoms with Crippen molar-refractivity contribution in [2.45, 2.75) is 44.4 Å². The van der Waals surface area contributed by atoms with E-state index in [-0.39, 0.29) is 12.5 Å². The fraction of sp³-hybridized carbons (Fsp3) is 1.00. The van der Waals surface area contributed by atoms with E-state index in [1.807, 2.05) is 0 Å². The largest absolute Gasteiger partial charge is 0.393 e. The summed E-state index contributed by atoms with van der Waals surface area (Å²) in [6.07, 6.45) is -4.12. The Hall–Kier alpha value is -0.340. The molecule has 0 aromatic rings. The fourth-order valence-corrected chi connectivity index (χ4v) is 3.16. The Balaban J connectivity index is 2.27. The molecule has 2 atom stereocenters. The molecule has 8 heteroatoms. The quantitative estimate of drug-likeness (QED) is 0.777. The van der Waals surface area contributed by atoms with Crippen molar-refractivity contribution in [3.63, 3.8) is 0 Å². The highest BCUT2D eigenvalue weighted by Crippen LogP contribution is 2.25. The molecule has 0 aromatic carbocycles. The molecule has 0 heterocycles. The summed E-state index contributed by atoms with van der Waals surface area (Å²) in [6.45, 7) is 0.107. The number of alkyl halides is 3. The number of aliphatic hydroxyl groups is 1. The molecule has 18 heavy (non-hydrogen) atoms. The van der Waals surface area contributed by atoms with E-state index in [0.717, 1.165) is 12.8 Å². The minimum absolute atomic E-state index is 0.107. The van der Waals surface area contributed by atoms with Crippen LogP contribution in [0.5, 0.6) is 0 Å². The molecule has 0 spiro atoms. The molecular formula is C10H18F3NO3S. The third-order valence-corrected chi connectivity index (χ3v) is 4.49. The monoisotopic (exact) mass is 289 g/mol. The first-order valence-electron chi connectivity index (χ1n) is 5.92. The molecule has 2 N–H and O–H groups in total. The summed E-state index contributed by atoms with van der Waals surface area (Å²) >= 11 is 0. The molecule has 0 saturated heterocycles. The predicted molar refractivity (Wildman–Crippen MR) is 60.4 cm³/mol. The number of rotatable bonds is 6. The van der Waals surface area contributed by atoms with E-state index < -0.39 is 40.9 Å². The van der Waals surface area contributed by atoms with Gasteiger partial charge in [-0.1, -0.05) is 6.42 Å². The summed E-state index contributed by atoms with van der Waals surface area (Å²) in [5.74, 6) is -0.655.